The highest BCUT2D eigenvalue weighted by Gasteiger charge is 2.21. The van der Waals surface area contributed by atoms with Crippen LogP contribution < -0.4 is 5.32 Å². The summed E-state index contributed by atoms with van der Waals surface area (Å²) in [6.45, 7) is 6.06. The van der Waals surface area contributed by atoms with Gasteiger partial charge in [0, 0.05) is 30.5 Å². The highest BCUT2D eigenvalue weighted by atomic mass is 32.1. The van der Waals surface area contributed by atoms with E-state index in [-0.39, 0.29) is 5.54 Å². The van der Waals surface area contributed by atoms with Crippen LogP contribution in [0.15, 0.2) is 30.0 Å². The number of hydrogen-bond acceptors (Lipinski definition) is 4. The average Bonchev–Trinajstić information content (AvgIpc) is 2.90. The fraction of sp³-hybridized carbons (Fsp3) is 0.455. The molecular weight excluding hydrogens is 220 g/mol. The van der Waals surface area contributed by atoms with Gasteiger partial charge in [-0.1, -0.05) is 0 Å². The van der Waals surface area contributed by atoms with E-state index in [1.807, 2.05) is 28.5 Å². The Morgan fingerprint density at radius 1 is 1.44 bits per heavy atom. The van der Waals surface area contributed by atoms with Crippen LogP contribution in [-0.4, -0.2) is 21.3 Å². The fourth-order valence-corrected chi connectivity index (χ4v) is 2.26. The molecule has 2 aromatic heterocycles. The molecule has 0 radical (unpaired) electrons. The van der Waals surface area contributed by atoms with E-state index in [2.05, 4.69) is 29.2 Å². The first-order valence-electron chi connectivity index (χ1n) is 5.31. The summed E-state index contributed by atoms with van der Waals surface area (Å²) < 4.78 is 1.92. The van der Waals surface area contributed by atoms with Gasteiger partial charge in [0.25, 0.3) is 0 Å². The predicted octanol–water partition coefficient (Wildman–Crippen LogP) is 1.86. The Morgan fingerprint density at radius 2 is 2.31 bits per heavy atom. The van der Waals surface area contributed by atoms with Crippen molar-refractivity contribution in [2.75, 3.05) is 6.54 Å². The van der Waals surface area contributed by atoms with Crippen molar-refractivity contribution in [2.24, 2.45) is 0 Å². The van der Waals surface area contributed by atoms with Crippen LogP contribution in [-0.2, 0) is 12.1 Å². The number of nitrogens with one attached hydrogen (secondary N) is 1. The first-order chi connectivity index (χ1) is 7.68. The first-order valence-corrected chi connectivity index (χ1v) is 6.19. The van der Waals surface area contributed by atoms with Crippen molar-refractivity contribution in [3.05, 3.63) is 35.0 Å². The number of hydrogen-bond donors (Lipinski definition) is 1. The van der Waals surface area contributed by atoms with E-state index in [4.69, 9.17) is 0 Å². The lowest BCUT2D eigenvalue weighted by atomic mass is 10.1. The van der Waals surface area contributed by atoms with Crippen molar-refractivity contribution < 1.29 is 0 Å². The van der Waals surface area contributed by atoms with Gasteiger partial charge in [0.15, 0.2) is 0 Å². The number of rotatable bonds is 5. The van der Waals surface area contributed by atoms with E-state index < -0.39 is 0 Å². The largest absolute Gasteiger partial charge is 0.304 e. The SMILES string of the molecule is CC(C)(NCCn1cccn1)c1nccs1. The zero-order chi connectivity index (χ0) is 11.4. The van der Waals surface area contributed by atoms with Gasteiger partial charge in [0.05, 0.1) is 12.1 Å². The highest BCUT2D eigenvalue weighted by Crippen LogP contribution is 2.21. The lowest BCUT2D eigenvalue weighted by Crippen LogP contribution is -2.38. The molecule has 4 nitrogen and oxygen atoms in total. The third-order valence-corrected chi connectivity index (χ3v) is 3.53. The van der Waals surface area contributed by atoms with E-state index in [9.17, 15) is 0 Å². The molecule has 0 atom stereocenters. The van der Waals surface area contributed by atoms with E-state index in [1.54, 1.807) is 17.5 Å². The van der Waals surface area contributed by atoms with E-state index in [0.717, 1.165) is 18.1 Å². The monoisotopic (exact) mass is 236 g/mol. The highest BCUT2D eigenvalue weighted by molar-refractivity contribution is 7.09. The Bertz CT molecular complexity index is 405. The fourth-order valence-electron chi connectivity index (χ4n) is 1.52. The molecule has 86 valence electrons. The van der Waals surface area contributed by atoms with Gasteiger partial charge in [-0.25, -0.2) is 4.98 Å². The van der Waals surface area contributed by atoms with Crippen LogP contribution in [0.1, 0.15) is 18.9 Å². The molecule has 2 aromatic rings. The third-order valence-electron chi connectivity index (χ3n) is 2.43. The zero-order valence-corrected chi connectivity index (χ0v) is 10.4. The number of thiazole rings is 1. The van der Waals surface area contributed by atoms with Crippen LogP contribution in [0.2, 0.25) is 0 Å². The summed E-state index contributed by atoms with van der Waals surface area (Å²) in [5.74, 6) is 0. The molecule has 0 aliphatic rings. The minimum absolute atomic E-state index is 0.0681. The van der Waals surface area contributed by atoms with Gasteiger partial charge in [-0.05, 0) is 19.9 Å². The van der Waals surface area contributed by atoms with Crippen molar-refractivity contribution in [1.29, 1.82) is 0 Å². The summed E-state index contributed by atoms with van der Waals surface area (Å²) in [6.07, 6.45) is 5.61. The molecular formula is C11H16N4S. The topological polar surface area (TPSA) is 42.7 Å². The van der Waals surface area contributed by atoms with Gasteiger partial charge in [-0.15, -0.1) is 11.3 Å². The second-order valence-corrected chi connectivity index (χ2v) is 5.05. The standard InChI is InChI=1S/C11H16N4S/c1-11(2,10-12-6-9-16-10)13-5-8-15-7-3-4-14-15/h3-4,6-7,9,13H,5,8H2,1-2H3. The third kappa shape index (κ3) is 2.68. The Kier molecular flexibility index (Phi) is 3.36. The molecule has 0 unspecified atom stereocenters. The van der Waals surface area contributed by atoms with Crippen molar-refractivity contribution in [3.63, 3.8) is 0 Å². The molecule has 0 saturated carbocycles. The maximum absolute atomic E-state index is 4.34. The van der Waals surface area contributed by atoms with Gasteiger partial charge in [0.2, 0.25) is 0 Å². The predicted molar refractivity (Wildman–Crippen MR) is 65.4 cm³/mol. The van der Waals surface area contributed by atoms with Crippen LogP contribution in [0.5, 0.6) is 0 Å². The zero-order valence-electron chi connectivity index (χ0n) is 9.55. The van der Waals surface area contributed by atoms with Crippen molar-refractivity contribution in [3.8, 4) is 0 Å². The average molecular weight is 236 g/mol. The minimum atomic E-state index is -0.0681. The molecule has 2 rings (SSSR count). The normalized spacial score (nSPS) is 11.9. The number of aromatic nitrogens is 3. The molecule has 0 amide bonds. The Labute approximate surface area is 99.3 Å². The van der Waals surface area contributed by atoms with Crippen molar-refractivity contribution >= 4 is 11.3 Å². The van der Waals surface area contributed by atoms with E-state index in [0.29, 0.717) is 0 Å². The van der Waals surface area contributed by atoms with E-state index >= 15 is 0 Å². The summed E-state index contributed by atoms with van der Waals surface area (Å²) in [4.78, 5) is 4.34. The van der Waals surface area contributed by atoms with Crippen LogP contribution in [0.3, 0.4) is 0 Å². The lowest BCUT2D eigenvalue weighted by molar-refractivity contribution is 0.384. The molecule has 16 heavy (non-hydrogen) atoms. The lowest BCUT2D eigenvalue weighted by Gasteiger charge is -2.23. The Morgan fingerprint density at radius 3 is 2.94 bits per heavy atom. The molecule has 5 heteroatoms. The second-order valence-electron chi connectivity index (χ2n) is 4.16. The minimum Gasteiger partial charge on any atom is -0.304 e. The Hall–Kier alpha value is -1.20. The van der Waals surface area contributed by atoms with Gasteiger partial charge in [-0.3, -0.25) is 4.68 Å². The molecule has 0 aliphatic heterocycles. The maximum atomic E-state index is 4.34. The molecule has 0 fully saturated rings. The quantitative estimate of drug-likeness (QED) is 0.861. The van der Waals surface area contributed by atoms with Gasteiger partial charge >= 0.3 is 0 Å². The van der Waals surface area contributed by atoms with Gasteiger partial charge in [-0.2, -0.15) is 5.10 Å². The van der Waals surface area contributed by atoms with Crippen LogP contribution in [0.4, 0.5) is 0 Å². The number of nitrogens with zero attached hydrogens (tertiary/aromatic N) is 3. The van der Waals surface area contributed by atoms with Crippen LogP contribution >= 0.6 is 11.3 Å². The summed E-state index contributed by atoms with van der Waals surface area (Å²) >= 11 is 1.68. The smallest absolute Gasteiger partial charge is 0.112 e. The van der Waals surface area contributed by atoms with Gasteiger partial charge < -0.3 is 5.32 Å². The van der Waals surface area contributed by atoms with Gasteiger partial charge in [0.1, 0.15) is 5.01 Å². The molecule has 2 heterocycles. The molecule has 0 bridgehead atoms. The molecule has 0 spiro atoms. The molecule has 0 aromatic carbocycles. The second kappa shape index (κ2) is 4.76. The molecule has 0 saturated heterocycles. The summed E-state index contributed by atoms with van der Waals surface area (Å²) in [5, 5.41) is 10.8. The maximum Gasteiger partial charge on any atom is 0.112 e. The van der Waals surface area contributed by atoms with Crippen molar-refractivity contribution in [1.82, 2.24) is 20.1 Å². The summed E-state index contributed by atoms with van der Waals surface area (Å²) in [5.41, 5.74) is -0.0681. The van der Waals surface area contributed by atoms with Crippen molar-refractivity contribution in [2.45, 2.75) is 25.9 Å². The summed E-state index contributed by atoms with van der Waals surface area (Å²) in [6, 6.07) is 1.94. The molecule has 1 N–H and O–H groups in total. The first kappa shape index (κ1) is 11.3. The Balaban J connectivity index is 1.85. The molecule has 0 aliphatic carbocycles. The van der Waals surface area contributed by atoms with Crippen LogP contribution in [0, 0.1) is 0 Å². The summed E-state index contributed by atoms with van der Waals surface area (Å²) in [7, 11) is 0. The van der Waals surface area contributed by atoms with E-state index in [1.165, 1.54) is 0 Å². The van der Waals surface area contributed by atoms with Crippen LogP contribution in [0.25, 0.3) is 0 Å².